The molecule has 2 bridgehead atoms. The van der Waals surface area contributed by atoms with Gasteiger partial charge in [0.15, 0.2) is 11.5 Å². The van der Waals surface area contributed by atoms with E-state index in [2.05, 4.69) is 5.32 Å². The van der Waals surface area contributed by atoms with E-state index >= 15 is 0 Å². The molecule has 22 heavy (non-hydrogen) atoms. The van der Waals surface area contributed by atoms with Gasteiger partial charge in [0.2, 0.25) is 12.7 Å². The summed E-state index contributed by atoms with van der Waals surface area (Å²) in [5, 5.41) is 12.0. The Morgan fingerprint density at radius 3 is 2.59 bits per heavy atom. The average Bonchev–Trinajstić information content (AvgIpc) is 3.20. The molecule has 1 fully saturated rings. The van der Waals surface area contributed by atoms with E-state index in [0.29, 0.717) is 17.2 Å². The van der Waals surface area contributed by atoms with Gasteiger partial charge in [0, 0.05) is 11.8 Å². The zero-order valence-electron chi connectivity index (χ0n) is 11.4. The number of hydrogen-bond acceptors (Lipinski definition) is 5. The number of rotatable bonds is 3. The molecule has 7 heteroatoms. The Labute approximate surface area is 125 Å². The van der Waals surface area contributed by atoms with Crippen LogP contribution in [0, 0.1) is 11.8 Å². The molecule has 0 aliphatic carbocycles. The Bertz CT molecular complexity index is 685. The number of carboxylic acid groups (broad SMARTS) is 1. The van der Waals surface area contributed by atoms with Crippen LogP contribution in [0.3, 0.4) is 0 Å². The Kier molecular flexibility index (Phi) is 2.83. The standard InChI is InChI=1S/C15H13NO6/c17-14(12-9-3-4-10(22-9)13(12)15(18)19)16-7-1-2-8-11(5-7)21-6-20-8/h1-5,9-10,12-13H,6H2,(H,16,17)(H,18,19). The Morgan fingerprint density at radius 2 is 1.82 bits per heavy atom. The van der Waals surface area contributed by atoms with E-state index in [0.717, 1.165) is 0 Å². The number of fused-ring (bicyclic) bond motifs is 3. The van der Waals surface area contributed by atoms with E-state index in [-0.39, 0.29) is 12.7 Å². The number of ether oxygens (including phenoxy) is 3. The van der Waals surface area contributed by atoms with Crippen molar-refractivity contribution in [1.82, 2.24) is 0 Å². The molecule has 3 heterocycles. The minimum Gasteiger partial charge on any atom is -0.481 e. The van der Waals surface area contributed by atoms with Gasteiger partial charge >= 0.3 is 5.97 Å². The summed E-state index contributed by atoms with van der Waals surface area (Å²) in [6.07, 6.45) is 2.43. The predicted octanol–water partition coefficient (Wildman–Crippen LogP) is 1.01. The predicted molar refractivity (Wildman–Crippen MR) is 73.6 cm³/mol. The molecule has 0 saturated carbocycles. The molecule has 4 rings (SSSR count). The molecule has 1 aromatic carbocycles. The van der Waals surface area contributed by atoms with Crippen LogP contribution in [0.4, 0.5) is 5.69 Å². The number of nitrogens with one attached hydrogen (secondary N) is 1. The Morgan fingerprint density at radius 1 is 1.09 bits per heavy atom. The van der Waals surface area contributed by atoms with Gasteiger partial charge in [-0.3, -0.25) is 9.59 Å². The molecule has 114 valence electrons. The zero-order chi connectivity index (χ0) is 15.3. The van der Waals surface area contributed by atoms with Gasteiger partial charge in [-0.1, -0.05) is 12.2 Å². The maximum absolute atomic E-state index is 12.5. The first-order valence-corrected chi connectivity index (χ1v) is 6.90. The maximum Gasteiger partial charge on any atom is 0.310 e. The lowest BCUT2D eigenvalue weighted by molar-refractivity contribution is -0.145. The first kappa shape index (κ1) is 13.1. The molecule has 0 aromatic heterocycles. The number of aliphatic carboxylic acids is 1. The van der Waals surface area contributed by atoms with Gasteiger partial charge in [-0.2, -0.15) is 0 Å². The third kappa shape index (κ3) is 1.93. The Hall–Kier alpha value is -2.54. The van der Waals surface area contributed by atoms with Gasteiger partial charge in [-0.25, -0.2) is 0 Å². The van der Waals surface area contributed by atoms with Gasteiger partial charge < -0.3 is 24.6 Å². The fourth-order valence-corrected chi connectivity index (χ4v) is 3.11. The molecule has 3 aliphatic heterocycles. The van der Waals surface area contributed by atoms with Crippen molar-refractivity contribution in [3.05, 3.63) is 30.4 Å². The monoisotopic (exact) mass is 303 g/mol. The summed E-state index contributed by atoms with van der Waals surface area (Å²) >= 11 is 0. The topological polar surface area (TPSA) is 94.1 Å². The second-order valence-corrected chi connectivity index (χ2v) is 5.40. The molecule has 1 amide bonds. The summed E-state index contributed by atoms with van der Waals surface area (Å²) in [4.78, 5) is 23.8. The van der Waals surface area contributed by atoms with E-state index < -0.39 is 30.0 Å². The summed E-state index contributed by atoms with van der Waals surface area (Å²) < 4.78 is 16.0. The number of carbonyl (C=O) groups excluding carboxylic acids is 1. The van der Waals surface area contributed by atoms with Crippen molar-refractivity contribution in [3.63, 3.8) is 0 Å². The van der Waals surface area contributed by atoms with Crippen LogP contribution < -0.4 is 14.8 Å². The summed E-state index contributed by atoms with van der Waals surface area (Å²) in [6.45, 7) is 0.152. The normalized spacial score (nSPS) is 30.5. The molecule has 3 aliphatic rings. The highest BCUT2D eigenvalue weighted by Gasteiger charge is 2.53. The number of benzene rings is 1. The smallest absolute Gasteiger partial charge is 0.310 e. The van der Waals surface area contributed by atoms with Crippen molar-refractivity contribution in [2.24, 2.45) is 11.8 Å². The van der Waals surface area contributed by atoms with Crippen LogP contribution in [0.2, 0.25) is 0 Å². The van der Waals surface area contributed by atoms with E-state index in [4.69, 9.17) is 14.2 Å². The second-order valence-electron chi connectivity index (χ2n) is 5.40. The minimum absolute atomic E-state index is 0.152. The van der Waals surface area contributed by atoms with Crippen molar-refractivity contribution < 1.29 is 28.9 Å². The molecular weight excluding hydrogens is 290 g/mol. The van der Waals surface area contributed by atoms with Crippen molar-refractivity contribution in [2.75, 3.05) is 12.1 Å². The molecule has 0 radical (unpaired) electrons. The molecule has 4 atom stereocenters. The van der Waals surface area contributed by atoms with Crippen LogP contribution in [0.15, 0.2) is 30.4 Å². The number of carbonyl (C=O) groups is 2. The SMILES string of the molecule is O=C(O)C1C2C=CC(O2)C1C(=O)Nc1ccc2c(c1)OCO2. The molecule has 1 saturated heterocycles. The molecule has 4 unspecified atom stereocenters. The van der Waals surface area contributed by atoms with Gasteiger partial charge in [-0.05, 0) is 12.1 Å². The van der Waals surface area contributed by atoms with Crippen molar-refractivity contribution in [3.8, 4) is 11.5 Å². The number of amides is 1. The first-order valence-electron chi connectivity index (χ1n) is 6.90. The summed E-state index contributed by atoms with van der Waals surface area (Å²) in [7, 11) is 0. The second kappa shape index (κ2) is 4.74. The highest BCUT2D eigenvalue weighted by Crippen LogP contribution is 2.40. The maximum atomic E-state index is 12.5. The molecule has 0 spiro atoms. The highest BCUT2D eigenvalue weighted by atomic mass is 16.7. The van der Waals surface area contributed by atoms with Crippen LogP contribution in [0.5, 0.6) is 11.5 Å². The van der Waals surface area contributed by atoms with Crippen LogP contribution in [-0.4, -0.2) is 36.0 Å². The van der Waals surface area contributed by atoms with Crippen molar-refractivity contribution >= 4 is 17.6 Å². The average molecular weight is 303 g/mol. The summed E-state index contributed by atoms with van der Waals surface area (Å²) in [5.74, 6) is -1.82. The lowest BCUT2D eigenvalue weighted by Gasteiger charge is -2.21. The van der Waals surface area contributed by atoms with Crippen LogP contribution in [-0.2, 0) is 14.3 Å². The fraction of sp³-hybridized carbons (Fsp3) is 0.333. The van der Waals surface area contributed by atoms with E-state index in [1.165, 1.54) is 0 Å². The third-order valence-electron chi connectivity index (χ3n) is 4.13. The number of anilines is 1. The van der Waals surface area contributed by atoms with E-state index in [1.807, 2.05) is 0 Å². The third-order valence-corrected chi connectivity index (χ3v) is 4.13. The van der Waals surface area contributed by atoms with Crippen LogP contribution in [0.25, 0.3) is 0 Å². The lowest BCUT2D eigenvalue weighted by atomic mass is 9.82. The molecule has 2 N–H and O–H groups in total. The lowest BCUT2D eigenvalue weighted by Crippen LogP contribution is -2.39. The quantitative estimate of drug-likeness (QED) is 0.809. The number of carboxylic acids is 1. The first-order chi connectivity index (χ1) is 10.6. The summed E-state index contributed by atoms with van der Waals surface area (Å²) in [6, 6.07) is 5.04. The van der Waals surface area contributed by atoms with Gasteiger partial charge in [-0.15, -0.1) is 0 Å². The highest BCUT2D eigenvalue weighted by molar-refractivity contribution is 5.97. The minimum atomic E-state index is -1.03. The van der Waals surface area contributed by atoms with E-state index in [9.17, 15) is 14.7 Å². The molecule has 7 nitrogen and oxygen atoms in total. The largest absolute Gasteiger partial charge is 0.481 e. The fourth-order valence-electron chi connectivity index (χ4n) is 3.11. The summed E-state index contributed by atoms with van der Waals surface area (Å²) in [5.41, 5.74) is 0.533. The molecular formula is C15H13NO6. The van der Waals surface area contributed by atoms with Crippen LogP contribution in [0.1, 0.15) is 0 Å². The van der Waals surface area contributed by atoms with E-state index in [1.54, 1.807) is 30.4 Å². The van der Waals surface area contributed by atoms with Crippen molar-refractivity contribution in [2.45, 2.75) is 12.2 Å². The number of hydrogen-bond donors (Lipinski definition) is 2. The van der Waals surface area contributed by atoms with Gasteiger partial charge in [0.25, 0.3) is 0 Å². The van der Waals surface area contributed by atoms with Crippen molar-refractivity contribution in [1.29, 1.82) is 0 Å². The Balaban J connectivity index is 1.55. The zero-order valence-corrected chi connectivity index (χ0v) is 11.4. The molecule has 1 aromatic rings. The van der Waals surface area contributed by atoms with Gasteiger partial charge in [0.1, 0.15) is 5.92 Å². The van der Waals surface area contributed by atoms with Gasteiger partial charge in [0.05, 0.1) is 18.1 Å². The van der Waals surface area contributed by atoms with Crippen LogP contribution >= 0.6 is 0 Å².